The molecule has 0 N–H and O–H groups in total. The Labute approximate surface area is 96.2 Å². The molecule has 0 aliphatic carbocycles. The van der Waals surface area contributed by atoms with Crippen molar-refractivity contribution in [3.63, 3.8) is 0 Å². The van der Waals surface area contributed by atoms with Crippen LogP contribution in [0.1, 0.15) is 13.8 Å². The highest BCUT2D eigenvalue weighted by Gasteiger charge is 2.21. The van der Waals surface area contributed by atoms with E-state index in [1.165, 1.54) is 0 Å². The number of hydrogen-bond acceptors (Lipinski definition) is 2. The highest BCUT2D eigenvalue weighted by Crippen LogP contribution is 2.03. The van der Waals surface area contributed by atoms with Gasteiger partial charge in [-0.05, 0) is 26.0 Å². The summed E-state index contributed by atoms with van der Waals surface area (Å²) in [6.07, 6.45) is 6.59. The third-order valence-electron chi connectivity index (χ3n) is 2.52. The van der Waals surface area contributed by atoms with Gasteiger partial charge in [-0.25, -0.2) is 0 Å². The molecule has 1 aliphatic heterocycles. The molecule has 1 saturated heterocycles. The topological polar surface area (TPSA) is 40.6 Å². The zero-order valence-corrected chi connectivity index (χ0v) is 9.85. The lowest BCUT2D eigenvalue weighted by Gasteiger charge is -2.33. The summed E-state index contributed by atoms with van der Waals surface area (Å²) in [6, 6.07) is 0. The van der Waals surface area contributed by atoms with Crippen molar-refractivity contribution in [2.45, 2.75) is 13.8 Å². The number of rotatable bonds is 2. The van der Waals surface area contributed by atoms with Gasteiger partial charge in [0.1, 0.15) is 0 Å². The molecule has 0 saturated carbocycles. The van der Waals surface area contributed by atoms with E-state index in [4.69, 9.17) is 0 Å². The number of carbonyl (C=O) groups excluding carboxylic acids is 2. The Morgan fingerprint density at radius 1 is 0.812 bits per heavy atom. The molecular weight excluding hydrogens is 204 g/mol. The van der Waals surface area contributed by atoms with E-state index in [0.717, 1.165) is 0 Å². The van der Waals surface area contributed by atoms with Gasteiger partial charge in [-0.2, -0.15) is 0 Å². The summed E-state index contributed by atoms with van der Waals surface area (Å²) in [5.41, 5.74) is 0. The number of amides is 2. The summed E-state index contributed by atoms with van der Waals surface area (Å²) in [5.74, 6) is 0.0567. The van der Waals surface area contributed by atoms with Gasteiger partial charge < -0.3 is 9.80 Å². The molecule has 0 spiro atoms. The Kier molecular flexibility index (Phi) is 4.76. The fraction of sp³-hybridized carbons (Fsp3) is 0.500. The molecule has 1 fully saturated rings. The van der Waals surface area contributed by atoms with E-state index in [9.17, 15) is 9.59 Å². The molecule has 4 nitrogen and oxygen atoms in total. The van der Waals surface area contributed by atoms with Gasteiger partial charge in [-0.3, -0.25) is 9.59 Å². The van der Waals surface area contributed by atoms with Crippen molar-refractivity contribution in [2.24, 2.45) is 0 Å². The van der Waals surface area contributed by atoms with E-state index >= 15 is 0 Å². The van der Waals surface area contributed by atoms with Crippen molar-refractivity contribution in [1.82, 2.24) is 9.80 Å². The first-order chi connectivity index (χ1) is 7.69. The largest absolute Gasteiger partial charge is 0.336 e. The van der Waals surface area contributed by atoms with Crippen LogP contribution in [0.3, 0.4) is 0 Å². The van der Waals surface area contributed by atoms with Gasteiger partial charge in [0, 0.05) is 26.2 Å². The van der Waals surface area contributed by atoms with E-state index in [2.05, 4.69) is 0 Å². The van der Waals surface area contributed by atoms with Crippen LogP contribution >= 0.6 is 0 Å². The van der Waals surface area contributed by atoms with Crippen LogP contribution in [0, 0.1) is 0 Å². The molecule has 0 aromatic rings. The van der Waals surface area contributed by atoms with Gasteiger partial charge in [0.25, 0.3) is 0 Å². The minimum absolute atomic E-state index is 0.0284. The molecule has 1 rings (SSSR count). The van der Waals surface area contributed by atoms with E-state index in [1.54, 1.807) is 34.1 Å². The number of hydrogen-bond donors (Lipinski definition) is 0. The maximum atomic E-state index is 11.5. The zero-order chi connectivity index (χ0) is 12.0. The van der Waals surface area contributed by atoms with Crippen molar-refractivity contribution in [3.8, 4) is 0 Å². The Bertz CT molecular complexity index is 281. The Morgan fingerprint density at radius 2 is 1.12 bits per heavy atom. The lowest BCUT2D eigenvalue weighted by atomic mass is 10.3. The molecule has 2 amide bonds. The summed E-state index contributed by atoms with van der Waals surface area (Å²) in [5, 5.41) is 0. The Hall–Kier alpha value is -1.58. The second kappa shape index (κ2) is 6.10. The molecule has 0 bridgehead atoms. The summed E-state index contributed by atoms with van der Waals surface area (Å²) in [6.45, 7) is 6.12. The van der Waals surface area contributed by atoms with Crippen LogP contribution in [0.4, 0.5) is 0 Å². The lowest BCUT2D eigenvalue weighted by molar-refractivity contribution is -0.134. The van der Waals surface area contributed by atoms with Crippen molar-refractivity contribution in [3.05, 3.63) is 24.3 Å². The molecule has 1 aliphatic rings. The SMILES string of the molecule is C/C=C\C(=O)N1CCN(C(=O)/C=C/C)CC1. The van der Waals surface area contributed by atoms with Crippen LogP contribution < -0.4 is 0 Å². The molecule has 0 unspecified atom stereocenters. The molecule has 0 atom stereocenters. The predicted octanol–water partition coefficient (Wildman–Crippen LogP) is 0.809. The number of piperazine rings is 1. The van der Waals surface area contributed by atoms with Gasteiger partial charge in [0.15, 0.2) is 0 Å². The van der Waals surface area contributed by atoms with Gasteiger partial charge >= 0.3 is 0 Å². The molecule has 4 heteroatoms. The fourth-order valence-corrected chi connectivity index (χ4v) is 1.64. The van der Waals surface area contributed by atoms with Crippen molar-refractivity contribution >= 4 is 11.8 Å². The van der Waals surface area contributed by atoms with Crippen molar-refractivity contribution in [2.75, 3.05) is 26.2 Å². The van der Waals surface area contributed by atoms with Gasteiger partial charge in [-0.1, -0.05) is 12.2 Å². The maximum absolute atomic E-state index is 11.5. The van der Waals surface area contributed by atoms with Crippen LogP contribution in [0.2, 0.25) is 0 Å². The van der Waals surface area contributed by atoms with Gasteiger partial charge in [0.2, 0.25) is 11.8 Å². The third kappa shape index (κ3) is 3.22. The predicted molar refractivity (Wildman–Crippen MR) is 62.8 cm³/mol. The molecule has 0 aromatic carbocycles. The Balaban J connectivity index is 2.45. The van der Waals surface area contributed by atoms with E-state index in [-0.39, 0.29) is 11.8 Å². The second-order valence-corrected chi connectivity index (χ2v) is 3.65. The van der Waals surface area contributed by atoms with E-state index < -0.39 is 0 Å². The average molecular weight is 222 g/mol. The highest BCUT2D eigenvalue weighted by molar-refractivity contribution is 5.89. The quantitative estimate of drug-likeness (QED) is 0.649. The van der Waals surface area contributed by atoms with E-state index in [0.29, 0.717) is 26.2 Å². The van der Waals surface area contributed by atoms with Gasteiger partial charge in [0.05, 0.1) is 0 Å². The molecule has 1 heterocycles. The van der Waals surface area contributed by atoms with Crippen LogP contribution in [0.5, 0.6) is 0 Å². The first kappa shape index (κ1) is 12.5. The van der Waals surface area contributed by atoms with Crippen molar-refractivity contribution < 1.29 is 9.59 Å². The van der Waals surface area contributed by atoms with Crippen LogP contribution in [0.25, 0.3) is 0 Å². The lowest BCUT2D eigenvalue weighted by Crippen LogP contribution is -2.49. The van der Waals surface area contributed by atoms with Gasteiger partial charge in [-0.15, -0.1) is 0 Å². The minimum Gasteiger partial charge on any atom is -0.336 e. The number of allylic oxidation sites excluding steroid dienone is 2. The maximum Gasteiger partial charge on any atom is 0.246 e. The molecule has 88 valence electrons. The standard InChI is InChI=1S/C12H18N2O2/c1-3-5-11(15)13-7-9-14(10-8-13)12(16)6-4-2/h3-6H,7-10H2,1-2H3/b5-3-,6-4+. The average Bonchev–Trinajstić information content (AvgIpc) is 2.30. The highest BCUT2D eigenvalue weighted by atomic mass is 16.2. The van der Waals surface area contributed by atoms with Crippen molar-refractivity contribution in [1.29, 1.82) is 0 Å². The molecule has 16 heavy (non-hydrogen) atoms. The van der Waals surface area contributed by atoms with Crippen LogP contribution in [-0.2, 0) is 9.59 Å². The minimum atomic E-state index is 0.0284. The zero-order valence-electron chi connectivity index (χ0n) is 9.85. The fourth-order valence-electron chi connectivity index (χ4n) is 1.64. The first-order valence-electron chi connectivity index (χ1n) is 5.52. The smallest absolute Gasteiger partial charge is 0.246 e. The summed E-state index contributed by atoms with van der Waals surface area (Å²) in [4.78, 5) is 26.6. The molecule has 0 aromatic heterocycles. The number of nitrogens with zero attached hydrogens (tertiary/aromatic N) is 2. The molecule has 0 radical (unpaired) electrons. The summed E-state index contributed by atoms with van der Waals surface area (Å²) in [7, 11) is 0. The first-order valence-corrected chi connectivity index (χ1v) is 5.52. The number of carbonyl (C=O) groups is 2. The summed E-state index contributed by atoms with van der Waals surface area (Å²) < 4.78 is 0. The van der Waals surface area contributed by atoms with Crippen LogP contribution in [0.15, 0.2) is 24.3 Å². The summed E-state index contributed by atoms with van der Waals surface area (Å²) >= 11 is 0. The normalized spacial score (nSPS) is 17.4. The second-order valence-electron chi connectivity index (χ2n) is 3.65. The van der Waals surface area contributed by atoms with Crippen LogP contribution in [-0.4, -0.2) is 47.8 Å². The van der Waals surface area contributed by atoms with E-state index in [1.807, 2.05) is 13.8 Å². The Morgan fingerprint density at radius 3 is 1.38 bits per heavy atom. The monoisotopic (exact) mass is 222 g/mol. The molecular formula is C12H18N2O2. The third-order valence-corrected chi connectivity index (χ3v) is 2.52.